The van der Waals surface area contributed by atoms with Crippen molar-refractivity contribution >= 4 is 34.8 Å². The number of aromatic nitrogens is 3. The summed E-state index contributed by atoms with van der Waals surface area (Å²) in [6.07, 6.45) is 0. The number of anilines is 1. The van der Waals surface area contributed by atoms with Gasteiger partial charge in [-0.3, -0.25) is 9.48 Å². The molecule has 1 N–H and O–H groups in total. The molecule has 1 amide bonds. The minimum atomic E-state index is -0.856. The van der Waals surface area contributed by atoms with Crippen molar-refractivity contribution in [2.75, 3.05) is 5.32 Å². The van der Waals surface area contributed by atoms with Crippen LogP contribution in [0.4, 0.5) is 14.5 Å². The van der Waals surface area contributed by atoms with Gasteiger partial charge < -0.3 is 14.6 Å². The van der Waals surface area contributed by atoms with Gasteiger partial charge in [0.25, 0.3) is 5.91 Å². The summed E-state index contributed by atoms with van der Waals surface area (Å²) in [6.45, 7) is 5.42. The molecule has 4 rings (SSSR count). The molecule has 2 aromatic heterocycles. The number of halogens is 4. The molecule has 2 heterocycles. The quantitative estimate of drug-likeness (QED) is 0.311. The smallest absolute Gasteiger partial charge is 0.278 e. The van der Waals surface area contributed by atoms with Gasteiger partial charge in [-0.1, -0.05) is 34.4 Å². The number of nitrogens with one attached hydrogen (secondary N) is 1. The van der Waals surface area contributed by atoms with Crippen molar-refractivity contribution in [2.45, 2.75) is 33.9 Å². The maximum atomic E-state index is 13.9. The third kappa shape index (κ3) is 5.31. The number of benzene rings is 2. The summed E-state index contributed by atoms with van der Waals surface area (Å²) < 4.78 is 39.4. The topological polar surface area (TPSA) is 82.2 Å². The summed E-state index contributed by atoms with van der Waals surface area (Å²) in [4.78, 5) is 13.0. The molecule has 0 bridgehead atoms. The van der Waals surface area contributed by atoms with Crippen LogP contribution in [-0.4, -0.2) is 20.8 Å². The van der Waals surface area contributed by atoms with E-state index in [1.165, 1.54) is 6.07 Å². The zero-order valence-corrected chi connectivity index (χ0v) is 20.5. The maximum Gasteiger partial charge on any atom is 0.278 e. The summed E-state index contributed by atoms with van der Waals surface area (Å²) in [6, 6.07) is 8.27. The van der Waals surface area contributed by atoms with Gasteiger partial charge in [0, 0.05) is 6.07 Å². The molecular weight excluding hydrogens is 501 g/mol. The second-order valence-corrected chi connectivity index (χ2v) is 8.65. The average Bonchev–Trinajstić information content (AvgIpc) is 3.30. The molecule has 0 atom stereocenters. The zero-order chi connectivity index (χ0) is 25.3. The van der Waals surface area contributed by atoms with Gasteiger partial charge in [0.05, 0.1) is 39.2 Å². The lowest BCUT2D eigenvalue weighted by molar-refractivity contribution is 0.101. The van der Waals surface area contributed by atoms with Gasteiger partial charge in [0.2, 0.25) is 0 Å². The number of carbonyl (C=O) groups excluding carboxylic acids is 1. The Hall–Kier alpha value is -3.43. The first-order valence-electron chi connectivity index (χ1n) is 10.5. The lowest BCUT2D eigenvalue weighted by Gasteiger charge is -2.09. The van der Waals surface area contributed by atoms with Crippen LogP contribution in [-0.2, 0) is 13.2 Å². The normalized spacial score (nSPS) is 11.1. The first-order chi connectivity index (χ1) is 16.6. The number of rotatable bonds is 7. The minimum Gasteiger partial charge on any atom is -0.486 e. The number of hydrogen-bond acceptors (Lipinski definition) is 5. The highest BCUT2D eigenvalue weighted by Gasteiger charge is 2.23. The van der Waals surface area contributed by atoms with Gasteiger partial charge >= 0.3 is 0 Å². The zero-order valence-electron chi connectivity index (χ0n) is 19.0. The standard InChI is InChI=1S/C24H20Cl2F2N4O3/c1-12-22(13(2)32(30-12)10-15-4-6-18(25)19(26)8-15)29-24(33)23-17(14(3)35-31-23)11-34-21-7-5-16(27)9-20(21)28/h4-9H,10-11H2,1-3H3,(H,29,33). The van der Waals surface area contributed by atoms with Crippen LogP contribution in [0.15, 0.2) is 40.9 Å². The molecule has 182 valence electrons. The summed E-state index contributed by atoms with van der Waals surface area (Å²) >= 11 is 12.1. The van der Waals surface area contributed by atoms with Crippen LogP contribution >= 0.6 is 23.2 Å². The number of hydrogen-bond donors (Lipinski definition) is 1. The van der Waals surface area contributed by atoms with E-state index in [1.807, 2.05) is 13.0 Å². The van der Waals surface area contributed by atoms with Crippen LogP contribution in [0.3, 0.4) is 0 Å². The number of nitrogens with zero attached hydrogens (tertiary/aromatic N) is 3. The molecule has 0 radical (unpaired) electrons. The van der Waals surface area contributed by atoms with Crippen molar-refractivity contribution in [3.05, 3.63) is 92.0 Å². The minimum absolute atomic E-state index is 0.0129. The summed E-state index contributed by atoms with van der Waals surface area (Å²) in [7, 11) is 0. The van der Waals surface area contributed by atoms with Crippen molar-refractivity contribution in [1.82, 2.24) is 14.9 Å². The summed E-state index contributed by atoms with van der Waals surface area (Å²) in [5.74, 6) is -1.94. The van der Waals surface area contributed by atoms with Gasteiger partial charge in [-0.2, -0.15) is 5.10 Å². The van der Waals surface area contributed by atoms with Crippen LogP contribution in [0.1, 0.15) is 38.8 Å². The molecule has 4 aromatic rings. The fourth-order valence-corrected chi connectivity index (χ4v) is 3.82. The molecule has 2 aromatic carbocycles. The van der Waals surface area contributed by atoms with E-state index in [4.69, 9.17) is 32.5 Å². The van der Waals surface area contributed by atoms with Crippen LogP contribution in [0.5, 0.6) is 5.75 Å². The van der Waals surface area contributed by atoms with Crippen LogP contribution in [0.25, 0.3) is 0 Å². The van der Waals surface area contributed by atoms with E-state index in [9.17, 15) is 13.6 Å². The molecule has 0 aliphatic carbocycles. The second-order valence-electron chi connectivity index (χ2n) is 7.84. The van der Waals surface area contributed by atoms with E-state index in [0.717, 1.165) is 11.6 Å². The fourth-order valence-electron chi connectivity index (χ4n) is 3.50. The van der Waals surface area contributed by atoms with Crippen molar-refractivity contribution in [3.63, 3.8) is 0 Å². The Bertz CT molecular complexity index is 1420. The maximum absolute atomic E-state index is 13.9. The highest BCUT2D eigenvalue weighted by Crippen LogP contribution is 2.26. The molecular formula is C24H20Cl2F2N4O3. The van der Waals surface area contributed by atoms with E-state index < -0.39 is 17.5 Å². The largest absolute Gasteiger partial charge is 0.486 e. The summed E-state index contributed by atoms with van der Waals surface area (Å²) in [5.41, 5.74) is 3.05. The predicted octanol–water partition coefficient (Wildman–Crippen LogP) is 6.26. The molecule has 11 heteroatoms. The molecule has 0 saturated carbocycles. The average molecular weight is 521 g/mol. The van der Waals surface area contributed by atoms with Gasteiger partial charge in [0.1, 0.15) is 18.2 Å². The number of aryl methyl sites for hydroxylation is 2. The Kier molecular flexibility index (Phi) is 7.09. The van der Waals surface area contributed by atoms with E-state index in [1.54, 1.807) is 30.7 Å². The third-order valence-electron chi connectivity index (χ3n) is 5.40. The van der Waals surface area contributed by atoms with Crippen LogP contribution in [0, 0.1) is 32.4 Å². The van der Waals surface area contributed by atoms with Crippen molar-refractivity contribution in [3.8, 4) is 5.75 Å². The molecule has 0 aliphatic rings. The molecule has 0 spiro atoms. The number of ether oxygens (including phenoxy) is 1. The van der Waals surface area contributed by atoms with Crippen molar-refractivity contribution in [1.29, 1.82) is 0 Å². The van der Waals surface area contributed by atoms with E-state index in [-0.39, 0.29) is 18.1 Å². The van der Waals surface area contributed by atoms with E-state index in [2.05, 4.69) is 15.6 Å². The molecule has 0 fully saturated rings. The van der Waals surface area contributed by atoms with Crippen molar-refractivity contribution in [2.24, 2.45) is 0 Å². The Balaban J connectivity index is 1.52. The second kappa shape index (κ2) is 10.1. The Morgan fingerprint density at radius 2 is 1.89 bits per heavy atom. The first-order valence-corrected chi connectivity index (χ1v) is 11.2. The molecule has 35 heavy (non-hydrogen) atoms. The van der Waals surface area contributed by atoms with Gasteiger partial charge in [-0.05, 0) is 50.6 Å². The van der Waals surface area contributed by atoms with Crippen LogP contribution in [0.2, 0.25) is 10.0 Å². The molecule has 0 unspecified atom stereocenters. The monoisotopic (exact) mass is 520 g/mol. The Labute approximate surface area is 209 Å². The fraction of sp³-hybridized carbons (Fsp3) is 0.208. The number of carbonyl (C=O) groups is 1. The van der Waals surface area contributed by atoms with Crippen LogP contribution < -0.4 is 10.1 Å². The molecule has 0 aliphatic heterocycles. The molecule has 7 nitrogen and oxygen atoms in total. The Morgan fingerprint density at radius 1 is 1.11 bits per heavy atom. The first kappa shape index (κ1) is 24.7. The highest BCUT2D eigenvalue weighted by molar-refractivity contribution is 6.42. The Morgan fingerprint density at radius 3 is 2.60 bits per heavy atom. The lowest BCUT2D eigenvalue weighted by atomic mass is 10.2. The SMILES string of the molecule is Cc1nn(Cc2ccc(Cl)c(Cl)c2)c(C)c1NC(=O)c1noc(C)c1COc1ccc(F)cc1F. The number of amides is 1. The predicted molar refractivity (Wildman–Crippen MR) is 127 cm³/mol. The van der Waals surface area contributed by atoms with Gasteiger partial charge in [0.15, 0.2) is 17.3 Å². The third-order valence-corrected chi connectivity index (χ3v) is 6.14. The van der Waals surface area contributed by atoms with Gasteiger partial charge in [-0.15, -0.1) is 0 Å². The van der Waals surface area contributed by atoms with Gasteiger partial charge in [-0.25, -0.2) is 8.78 Å². The van der Waals surface area contributed by atoms with E-state index in [0.29, 0.717) is 51.1 Å². The lowest BCUT2D eigenvalue weighted by Crippen LogP contribution is -2.16. The van der Waals surface area contributed by atoms with Crippen molar-refractivity contribution < 1.29 is 22.8 Å². The summed E-state index contributed by atoms with van der Waals surface area (Å²) in [5, 5.41) is 12.1. The highest BCUT2D eigenvalue weighted by atomic mass is 35.5. The molecule has 0 saturated heterocycles. The van der Waals surface area contributed by atoms with E-state index >= 15 is 0 Å².